The van der Waals surface area contributed by atoms with Crippen molar-refractivity contribution in [2.75, 3.05) is 5.32 Å². The zero-order valence-corrected chi connectivity index (χ0v) is 11.7. The predicted molar refractivity (Wildman–Crippen MR) is 72.8 cm³/mol. The van der Waals surface area contributed by atoms with Crippen molar-refractivity contribution < 1.29 is 14.6 Å². The summed E-state index contributed by atoms with van der Waals surface area (Å²) in [4.78, 5) is 18.6. The molecule has 0 fully saturated rings. The van der Waals surface area contributed by atoms with Crippen molar-refractivity contribution in [2.24, 2.45) is 0 Å². The van der Waals surface area contributed by atoms with E-state index >= 15 is 0 Å². The van der Waals surface area contributed by atoms with E-state index in [1.807, 2.05) is 13.8 Å². The lowest BCUT2D eigenvalue weighted by atomic mass is 10.4. The van der Waals surface area contributed by atoms with Crippen LogP contribution >= 0.6 is 0 Å². The number of carboxylic acids is 1. The number of aliphatic carboxylic acids is 1. The Morgan fingerprint density at radius 2 is 2.29 bits per heavy atom. The summed E-state index contributed by atoms with van der Waals surface area (Å²) >= 11 is 0. The first-order chi connectivity index (χ1) is 10.0. The van der Waals surface area contributed by atoms with Gasteiger partial charge in [0.25, 0.3) is 0 Å². The number of hydrogen-bond donors (Lipinski definition) is 2. The maximum Gasteiger partial charge on any atom is 0.325 e. The Labute approximate surface area is 121 Å². The van der Waals surface area contributed by atoms with Crippen molar-refractivity contribution in [1.29, 1.82) is 0 Å². The Kier molecular flexibility index (Phi) is 4.64. The molecule has 112 valence electrons. The third-order valence-electron chi connectivity index (χ3n) is 2.33. The Morgan fingerprint density at radius 1 is 1.48 bits per heavy atom. The second-order valence-electron chi connectivity index (χ2n) is 4.56. The molecule has 0 spiro atoms. The van der Waals surface area contributed by atoms with Crippen molar-refractivity contribution in [3.63, 3.8) is 0 Å². The molecule has 2 rings (SSSR count). The van der Waals surface area contributed by atoms with Crippen LogP contribution in [0.15, 0.2) is 18.6 Å². The van der Waals surface area contributed by atoms with Gasteiger partial charge in [-0.15, -0.1) is 5.10 Å². The van der Waals surface area contributed by atoms with Gasteiger partial charge in [-0.05, 0) is 13.8 Å². The van der Waals surface area contributed by atoms with E-state index < -0.39 is 5.97 Å². The van der Waals surface area contributed by atoms with E-state index in [2.05, 4.69) is 25.6 Å². The average Bonchev–Trinajstić information content (AvgIpc) is 2.83. The molecule has 0 bridgehead atoms. The Morgan fingerprint density at radius 3 is 3.00 bits per heavy atom. The van der Waals surface area contributed by atoms with Crippen molar-refractivity contribution in [2.45, 2.75) is 33.0 Å². The fraction of sp³-hybridized carbons (Fsp3) is 0.417. The quantitative estimate of drug-likeness (QED) is 0.760. The van der Waals surface area contributed by atoms with E-state index in [9.17, 15) is 4.79 Å². The van der Waals surface area contributed by atoms with E-state index in [4.69, 9.17) is 9.84 Å². The van der Waals surface area contributed by atoms with Gasteiger partial charge in [0.05, 0.1) is 18.8 Å². The molecule has 0 saturated heterocycles. The van der Waals surface area contributed by atoms with Crippen molar-refractivity contribution in [3.8, 4) is 5.88 Å². The zero-order chi connectivity index (χ0) is 15.2. The topological polar surface area (TPSA) is 115 Å². The molecule has 0 unspecified atom stereocenters. The Hall–Kier alpha value is -2.71. The van der Waals surface area contributed by atoms with Crippen molar-refractivity contribution in [1.82, 2.24) is 25.0 Å². The molecule has 0 atom stereocenters. The molecule has 0 radical (unpaired) electrons. The zero-order valence-electron chi connectivity index (χ0n) is 11.7. The number of anilines is 1. The number of carbonyl (C=O) groups is 1. The van der Waals surface area contributed by atoms with Crippen molar-refractivity contribution >= 4 is 11.8 Å². The molecule has 21 heavy (non-hydrogen) atoms. The lowest BCUT2D eigenvalue weighted by Gasteiger charge is -2.09. The molecule has 0 amide bonds. The van der Waals surface area contributed by atoms with Gasteiger partial charge in [0.15, 0.2) is 0 Å². The summed E-state index contributed by atoms with van der Waals surface area (Å²) in [5.74, 6) is 0.108. The van der Waals surface area contributed by atoms with E-state index in [-0.39, 0.29) is 12.6 Å². The van der Waals surface area contributed by atoms with E-state index in [0.29, 0.717) is 23.9 Å². The van der Waals surface area contributed by atoms with Gasteiger partial charge in [0.1, 0.15) is 24.4 Å². The van der Waals surface area contributed by atoms with Crippen LogP contribution in [0.4, 0.5) is 5.82 Å². The lowest BCUT2D eigenvalue weighted by molar-refractivity contribution is -0.137. The lowest BCUT2D eigenvalue weighted by Crippen LogP contribution is -2.09. The molecule has 2 N–H and O–H groups in total. The fourth-order valence-electron chi connectivity index (χ4n) is 1.56. The first-order valence-electron chi connectivity index (χ1n) is 6.36. The molecule has 0 aliphatic heterocycles. The standard InChI is InChI=1S/C12H16N6O3/c1-8(2)21-11-3-10(14-7-15-11)13-4-9-5-18(17-16-9)6-12(19)20/h3,5,7-8H,4,6H2,1-2H3,(H,19,20)(H,13,14,15). The normalized spacial score (nSPS) is 10.6. The third-order valence-corrected chi connectivity index (χ3v) is 2.33. The molecule has 2 aromatic rings. The van der Waals surface area contributed by atoms with Gasteiger partial charge in [0.2, 0.25) is 5.88 Å². The first-order valence-corrected chi connectivity index (χ1v) is 6.36. The van der Waals surface area contributed by atoms with Crippen LogP contribution in [0.25, 0.3) is 0 Å². The Balaban J connectivity index is 1.93. The molecule has 0 aliphatic carbocycles. The summed E-state index contributed by atoms with van der Waals surface area (Å²) in [6.07, 6.45) is 3.00. The van der Waals surface area contributed by atoms with Gasteiger partial charge in [-0.3, -0.25) is 4.79 Å². The number of hydrogen-bond acceptors (Lipinski definition) is 7. The molecule has 9 heteroatoms. The maximum absolute atomic E-state index is 10.5. The van der Waals surface area contributed by atoms with Gasteiger partial charge >= 0.3 is 5.97 Å². The molecular formula is C12H16N6O3. The summed E-state index contributed by atoms with van der Waals surface area (Å²) < 4.78 is 6.72. The molecule has 0 aromatic carbocycles. The summed E-state index contributed by atoms with van der Waals surface area (Å²) in [6.45, 7) is 3.98. The number of nitrogens with zero attached hydrogens (tertiary/aromatic N) is 5. The highest BCUT2D eigenvalue weighted by atomic mass is 16.5. The van der Waals surface area contributed by atoms with Crippen LogP contribution in [-0.2, 0) is 17.9 Å². The second-order valence-corrected chi connectivity index (χ2v) is 4.56. The van der Waals surface area contributed by atoms with Gasteiger partial charge in [-0.1, -0.05) is 5.21 Å². The van der Waals surface area contributed by atoms with Gasteiger partial charge < -0.3 is 15.2 Å². The summed E-state index contributed by atoms with van der Waals surface area (Å²) in [6, 6.07) is 1.68. The van der Waals surface area contributed by atoms with Gasteiger partial charge in [0, 0.05) is 6.07 Å². The highest BCUT2D eigenvalue weighted by Crippen LogP contribution is 2.13. The second kappa shape index (κ2) is 6.64. The van der Waals surface area contributed by atoms with Crippen LogP contribution in [0.1, 0.15) is 19.5 Å². The average molecular weight is 292 g/mol. The third kappa shape index (κ3) is 4.71. The number of carboxylic acid groups (broad SMARTS) is 1. The fourth-order valence-corrected chi connectivity index (χ4v) is 1.56. The predicted octanol–water partition coefficient (Wildman–Crippen LogP) is 0.552. The number of rotatable bonds is 7. The highest BCUT2D eigenvalue weighted by Gasteiger charge is 2.06. The Bertz CT molecular complexity index is 613. The molecule has 0 aliphatic rings. The SMILES string of the molecule is CC(C)Oc1cc(NCc2cn(CC(=O)O)nn2)ncn1. The van der Waals surface area contributed by atoms with Crippen LogP contribution in [0.2, 0.25) is 0 Å². The monoisotopic (exact) mass is 292 g/mol. The molecular weight excluding hydrogens is 276 g/mol. The minimum Gasteiger partial charge on any atom is -0.480 e. The maximum atomic E-state index is 10.5. The highest BCUT2D eigenvalue weighted by molar-refractivity contribution is 5.66. The van der Waals surface area contributed by atoms with E-state index in [1.165, 1.54) is 11.0 Å². The van der Waals surface area contributed by atoms with Gasteiger partial charge in [-0.25, -0.2) is 14.6 Å². The van der Waals surface area contributed by atoms with E-state index in [0.717, 1.165) is 0 Å². The van der Waals surface area contributed by atoms with Crippen LogP contribution in [0, 0.1) is 0 Å². The molecule has 2 aromatic heterocycles. The summed E-state index contributed by atoms with van der Waals surface area (Å²) in [5, 5.41) is 19.3. The summed E-state index contributed by atoms with van der Waals surface area (Å²) in [7, 11) is 0. The van der Waals surface area contributed by atoms with E-state index in [1.54, 1.807) is 12.3 Å². The van der Waals surface area contributed by atoms with Gasteiger partial charge in [-0.2, -0.15) is 0 Å². The van der Waals surface area contributed by atoms with Crippen LogP contribution in [0.5, 0.6) is 5.88 Å². The number of ether oxygens (including phenoxy) is 1. The molecule has 2 heterocycles. The first kappa shape index (κ1) is 14.7. The largest absolute Gasteiger partial charge is 0.480 e. The van der Waals surface area contributed by atoms with Crippen LogP contribution in [-0.4, -0.2) is 42.1 Å². The van der Waals surface area contributed by atoms with Crippen LogP contribution < -0.4 is 10.1 Å². The molecule has 9 nitrogen and oxygen atoms in total. The molecule has 0 saturated carbocycles. The van der Waals surface area contributed by atoms with Crippen LogP contribution in [0.3, 0.4) is 0 Å². The smallest absolute Gasteiger partial charge is 0.325 e. The summed E-state index contributed by atoms with van der Waals surface area (Å²) in [5.41, 5.74) is 0.612. The number of aromatic nitrogens is 5. The minimum atomic E-state index is -0.967. The number of nitrogens with one attached hydrogen (secondary N) is 1. The minimum absolute atomic E-state index is 0.0312. The van der Waals surface area contributed by atoms with Crippen molar-refractivity contribution in [3.05, 3.63) is 24.3 Å².